The molecule has 4 aromatic rings. The number of esters is 1. The zero-order valence-electron chi connectivity index (χ0n) is 32.8. The van der Waals surface area contributed by atoms with E-state index < -0.39 is 48.5 Å². The van der Waals surface area contributed by atoms with E-state index in [0.29, 0.717) is 11.4 Å². The molecule has 4 atom stereocenters. The Hall–Kier alpha value is -3.46. The first-order valence-corrected chi connectivity index (χ1v) is 20.5. The molecule has 0 fully saturated rings. The molecule has 55 heavy (non-hydrogen) atoms. The molecule has 290 valence electrons. The van der Waals surface area contributed by atoms with Crippen molar-refractivity contribution >= 4 is 68.0 Å². The molecule has 2 aromatic carbocycles. The van der Waals surface area contributed by atoms with E-state index in [-0.39, 0.29) is 43.1 Å². The van der Waals surface area contributed by atoms with Crippen molar-refractivity contribution in [2.75, 3.05) is 7.11 Å². The maximum Gasteiger partial charge on any atom is 1.00 e. The summed E-state index contributed by atoms with van der Waals surface area (Å²) in [6.07, 6.45) is -0.121. The summed E-state index contributed by atoms with van der Waals surface area (Å²) in [5.41, 5.74) is 3.05. The normalized spacial score (nSPS) is 14.4. The second-order valence-electron chi connectivity index (χ2n) is 14.7. The van der Waals surface area contributed by atoms with E-state index in [1.54, 1.807) is 25.1 Å². The van der Waals surface area contributed by atoms with Gasteiger partial charge in [-0.1, -0.05) is 36.4 Å². The predicted molar refractivity (Wildman–Crippen MR) is 220 cm³/mol. The molecule has 0 aliphatic rings. The molecule has 2 aromatic heterocycles. The van der Waals surface area contributed by atoms with Crippen molar-refractivity contribution < 1.29 is 52.2 Å². The first-order chi connectivity index (χ1) is 24.6. The smallest absolute Gasteiger partial charge is 0.870 e. The molecule has 4 rings (SSSR count). The molecular formula is C39H47LiN4O7S4. The Morgan fingerprint density at radius 3 is 1.42 bits per heavy atom. The molecule has 0 saturated heterocycles. The van der Waals surface area contributed by atoms with E-state index in [9.17, 15) is 23.1 Å². The van der Waals surface area contributed by atoms with Gasteiger partial charge in [0.1, 0.15) is 0 Å². The number of carboxylic acids is 1. The molecule has 0 aliphatic heterocycles. The van der Waals surface area contributed by atoms with Gasteiger partial charge < -0.3 is 15.3 Å². The van der Waals surface area contributed by atoms with Crippen molar-refractivity contribution in [3.63, 3.8) is 0 Å². The van der Waals surface area contributed by atoms with Gasteiger partial charge in [-0.2, -0.15) is 0 Å². The summed E-state index contributed by atoms with van der Waals surface area (Å²) in [5.74, 6) is -1.34. The third-order valence-corrected chi connectivity index (χ3v) is 13.8. The standard InChI is InChI=1S/C20H24N2O3S2.C19H22N2O3S2.Li.H2O/c1-19(2,3)27(24)22-20(4,12-18(23)25-6)17-11-15(13-26-17)14-8-7-9-16(10-14)21-5;1-18(2,3)26(24)21-19(4,11-17(22)23)16-10-14(12-25-16)13-7-6-8-15(9-13)20-5;;/h7-11,13,22H,12H2,1-4,6H3;6-10,12,21H,11H2,1-4H3,(H,22,23);;1H2/q;;+1;/p-1/t20-,27?;19-,26?;;/m00../s1. The van der Waals surface area contributed by atoms with E-state index in [1.165, 1.54) is 29.8 Å². The summed E-state index contributed by atoms with van der Waals surface area (Å²) in [6, 6.07) is 18.5. The van der Waals surface area contributed by atoms with Crippen LogP contribution in [0.1, 0.15) is 78.0 Å². The molecule has 11 nitrogen and oxygen atoms in total. The maximum absolute atomic E-state index is 12.7. The molecule has 0 amide bonds. The molecule has 16 heteroatoms. The van der Waals surface area contributed by atoms with Crippen molar-refractivity contribution in [3.8, 4) is 22.3 Å². The Balaban J connectivity index is 0.000000531. The summed E-state index contributed by atoms with van der Waals surface area (Å²) >= 11 is 2.91. The number of rotatable bonds is 12. The van der Waals surface area contributed by atoms with E-state index in [4.69, 9.17) is 17.9 Å². The number of ether oxygens (including phenoxy) is 1. The summed E-state index contributed by atoms with van der Waals surface area (Å²) in [5, 5.41) is 13.3. The Labute approximate surface area is 349 Å². The summed E-state index contributed by atoms with van der Waals surface area (Å²) < 4.78 is 35.3. The summed E-state index contributed by atoms with van der Waals surface area (Å²) in [4.78, 5) is 32.0. The average Bonchev–Trinajstić information content (AvgIpc) is 3.80. The van der Waals surface area contributed by atoms with Crippen LogP contribution < -0.4 is 28.3 Å². The van der Waals surface area contributed by atoms with E-state index >= 15 is 0 Å². The summed E-state index contributed by atoms with van der Waals surface area (Å²) in [6.45, 7) is 29.1. The van der Waals surface area contributed by atoms with Gasteiger partial charge in [-0.3, -0.25) is 9.59 Å². The molecule has 0 radical (unpaired) electrons. The van der Waals surface area contributed by atoms with Crippen LogP contribution in [-0.2, 0) is 47.4 Å². The monoisotopic (exact) mass is 818 g/mol. The first kappa shape index (κ1) is 49.6. The van der Waals surface area contributed by atoms with Gasteiger partial charge in [0.15, 0.2) is 11.4 Å². The van der Waals surface area contributed by atoms with Gasteiger partial charge in [-0.15, -0.1) is 22.7 Å². The number of carboxylic acid groups (broad SMARTS) is 1. The Morgan fingerprint density at radius 1 is 0.709 bits per heavy atom. The van der Waals surface area contributed by atoms with Crippen LogP contribution in [0.4, 0.5) is 11.4 Å². The third-order valence-electron chi connectivity index (χ3n) is 7.88. The zero-order chi connectivity index (χ0) is 39.8. The minimum absolute atomic E-state index is 0. The van der Waals surface area contributed by atoms with Crippen LogP contribution >= 0.6 is 22.7 Å². The molecule has 2 heterocycles. The van der Waals surface area contributed by atoms with E-state index in [0.717, 1.165) is 32.0 Å². The van der Waals surface area contributed by atoms with Gasteiger partial charge in [0.25, 0.3) is 0 Å². The number of aliphatic carboxylic acids is 1. The van der Waals surface area contributed by atoms with Crippen LogP contribution in [0, 0.1) is 13.1 Å². The van der Waals surface area contributed by atoms with E-state index in [2.05, 4.69) is 19.1 Å². The SMILES string of the molecule is [C-]#[N+]c1cccc(-c2csc([C@](C)(CC(=O)O)NS(=O)C(C)(C)C)c2)c1.[C-]#[N+]c1cccc(-c2csc([C@](C)(CC(=O)OC)NS(=O)C(C)(C)C)c2)c1.[Li+].[OH-]. The second kappa shape index (κ2) is 20.6. The van der Waals surface area contributed by atoms with Crippen molar-refractivity contribution in [2.45, 2.75) is 88.8 Å². The second-order valence-corrected chi connectivity index (χ2v) is 20.4. The van der Waals surface area contributed by atoms with Crippen molar-refractivity contribution in [2.24, 2.45) is 0 Å². The van der Waals surface area contributed by atoms with E-state index in [1.807, 2.05) is 102 Å². The fourth-order valence-electron chi connectivity index (χ4n) is 4.79. The number of hydrogen-bond acceptors (Lipinski definition) is 8. The maximum atomic E-state index is 12.7. The molecular weight excluding hydrogens is 772 g/mol. The first-order valence-electron chi connectivity index (χ1n) is 16.5. The number of nitrogens with one attached hydrogen (secondary N) is 2. The van der Waals surface area contributed by atoms with Gasteiger partial charge in [0.05, 0.1) is 75.6 Å². The molecule has 2 unspecified atom stereocenters. The number of hydrogen-bond donors (Lipinski definition) is 3. The molecule has 0 saturated carbocycles. The van der Waals surface area contributed by atoms with Crippen LogP contribution in [-0.4, -0.2) is 47.5 Å². The molecule has 0 spiro atoms. The number of carbonyl (C=O) groups excluding carboxylic acids is 1. The fourth-order valence-corrected chi connectivity index (χ4v) is 8.79. The van der Waals surface area contributed by atoms with Gasteiger partial charge in [0, 0.05) is 9.75 Å². The Morgan fingerprint density at radius 2 is 1.09 bits per heavy atom. The molecule has 0 bridgehead atoms. The molecule has 4 N–H and O–H groups in total. The summed E-state index contributed by atoms with van der Waals surface area (Å²) in [7, 11) is -1.42. The Bertz CT molecular complexity index is 2070. The number of methoxy groups -OCH3 is 1. The quantitative estimate of drug-likeness (QED) is 0.0856. The minimum atomic E-state index is -1.41. The number of benzene rings is 2. The topological polar surface area (TPSA) is 161 Å². The molecule has 0 aliphatic carbocycles. The minimum Gasteiger partial charge on any atom is -0.870 e. The van der Waals surface area contributed by atoms with Crippen LogP contribution in [0.2, 0.25) is 0 Å². The van der Waals surface area contributed by atoms with Crippen LogP contribution in [0.3, 0.4) is 0 Å². The largest absolute Gasteiger partial charge is 1.00 e. The average molecular weight is 819 g/mol. The number of thiophene rings is 2. The fraction of sp³-hybridized carbons (Fsp3) is 0.385. The predicted octanol–water partition coefficient (Wildman–Crippen LogP) is 6.33. The van der Waals surface area contributed by atoms with Crippen molar-refractivity contribution in [3.05, 3.63) is 104 Å². The van der Waals surface area contributed by atoms with Crippen molar-refractivity contribution in [1.82, 2.24) is 9.44 Å². The van der Waals surface area contributed by atoms with Crippen LogP contribution in [0.15, 0.2) is 71.4 Å². The number of nitrogens with zero attached hydrogens (tertiary/aromatic N) is 2. The zero-order valence-corrected chi connectivity index (χ0v) is 36.1. The van der Waals surface area contributed by atoms with Gasteiger partial charge in [-0.05, 0) is 113 Å². The third kappa shape index (κ3) is 13.9. The van der Waals surface area contributed by atoms with Gasteiger partial charge in [0.2, 0.25) is 0 Å². The van der Waals surface area contributed by atoms with Crippen LogP contribution in [0.5, 0.6) is 0 Å². The number of carbonyl (C=O) groups is 2. The van der Waals surface area contributed by atoms with Crippen molar-refractivity contribution in [1.29, 1.82) is 0 Å². The van der Waals surface area contributed by atoms with Gasteiger partial charge in [-0.25, -0.2) is 27.6 Å². The Kier molecular flexibility index (Phi) is 18.6. The van der Waals surface area contributed by atoms with Gasteiger partial charge >= 0.3 is 30.8 Å². The van der Waals surface area contributed by atoms with Crippen LogP contribution in [0.25, 0.3) is 31.9 Å².